The van der Waals surface area contributed by atoms with Crippen LogP contribution >= 0.6 is 0 Å². The SMILES string of the molecule is CC(CO)COC1CCO1. The fourth-order valence-electron chi connectivity index (χ4n) is 0.670. The van der Waals surface area contributed by atoms with Crippen LogP contribution in [0.1, 0.15) is 13.3 Å². The first kappa shape index (κ1) is 7.98. The molecule has 3 heteroatoms. The molecule has 0 aromatic heterocycles. The Kier molecular flexibility index (Phi) is 3.12. The average Bonchev–Trinajstić information content (AvgIpc) is 1.84. The maximum Gasteiger partial charge on any atom is 0.159 e. The van der Waals surface area contributed by atoms with Crippen molar-refractivity contribution in [3.05, 3.63) is 0 Å². The van der Waals surface area contributed by atoms with E-state index in [4.69, 9.17) is 14.6 Å². The Bertz CT molecular complexity index is 86.1. The highest BCUT2D eigenvalue weighted by molar-refractivity contribution is 4.56. The molecule has 1 rings (SSSR count). The molecular weight excluding hydrogens is 132 g/mol. The number of aliphatic hydroxyl groups excluding tert-OH is 1. The van der Waals surface area contributed by atoms with Crippen LogP contribution < -0.4 is 0 Å². The molecule has 2 unspecified atom stereocenters. The van der Waals surface area contributed by atoms with Crippen LogP contribution in [0.2, 0.25) is 0 Å². The summed E-state index contributed by atoms with van der Waals surface area (Å²) in [7, 11) is 0. The van der Waals surface area contributed by atoms with Crippen LogP contribution in [0.15, 0.2) is 0 Å². The molecule has 0 aliphatic carbocycles. The number of rotatable bonds is 4. The van der Waals surface area contributed by atoms with Gasteiger partial charge in [0.2, 0.25) is 0 Å². The first-order chi connectivity index (χ1) is 4.83. The lowest BCUT2D eigenvalue weighted by Crippen LogP contribution is -2.31. The van der Waals surface area contributed by atoms with Gasteiger partial charge in [-0.05, 0) is 0 Å². The highest BCUT2D eigenvalue weighted by Gasteiger charge is 2.18. The molecule has 10 heavy (non-hydrogen) atoms. The minimum Gasteiger partial charge on any atom is -0.396 e. The second-order valence-electron chi connectivity index (χ2n) is 2.71. The Hall–Kier alpha value is -0.120. The Morgan fingerprint density at radius 3 is 2.90 bits per heavy atom. The summed E-state index contributed by atoms with van der Waals surface area (Å²) in [6.07, 6.45) is 1.01. The molecule has 1 aliphatic rings. The molecule has 3 nitrogen and oxygen atoms in total. The van der Waals surface area contributed by atoms with E-state index in [9.17, 15) is 0 Å². The van der Waals surface area contributed by atoms with Crippen molar-refractivity contribution in [2.24, 2.45) is 5.92 Å². The van der Waals surface area contributed by atoms with Gasteiger partial charge in [0.15, 0.2) is 6.29 Å². The van der Waals surface area contributed by atoms with E-state index in [1.165, 1.54) is 0 Å². The van der Waals surface area contributed by atoms with Gasteiger partial charge in [0.05, 0.1) is 13.2 Å². The normalized spacial score (nSPS) is 27.6. The van der Waals surface area contributed by atoms with Gasteiger partial charge in [0.25, 0.3) is 0 Å². The molecule has 1 N–H and O–H groups in total. The van der Waals surface area contributed by atoms with E-state index in [0.717, 1.165) is 13.0 Å². The third-order valence-electron chi connectivity index (χ3n) is 1.54. The third kappa shape index (κ3) is 2.25. The Morgan fingerprint density at radius 2 is 2.50 bits per heavy atom. The van der Waals surface area contributed by atoms with Gasteiger partial charge in [-0.25, -0.2) is 0 Å². The van der Waals surface area contributed by atoms with E-state index in [2.05, 4.69) is 0 Å². The zero-order chi connectivity index (χ0) is 7.40. The van der Waals surface area contributed by atoms with Gasteiger partial charge >= 0.3 is 0 Å². The molecule has 0 bridgehead atoms. The van der Waals surface area contributed by atoms with E-state index in [0.29, 0.717) is 6.61 Å². The van der Waals surface area contributed by atoms with Gasteiger partial charge in [-0.2, -0.15) is 0 Å². The molecule has 1 fully saturated rings. The van der Waals surface area contributed by atoms with E-state index in [1.54, 1.807) is 0 Å². The van der Waals surface area contributed by atoms with E-state index in [1.807, 2.05) is 6.92 Å². The zero-order valence-corrected chi connectivity index (χ0v) is 6.25. The lowest BCUT2D eigenvalue weighted by molar-refractivity contribution is -0.220. The molecule has 0 saturated carbocycles. The van der Waals surface area contributed by atoms with Crippen molar-refractivity contribution in [3.8, 4) is 0 Å². The van der Waals surface area contributed by atoms with Crippen LogP contribution in [0.4, 0.5) is 0 Å². The van der Waals surface area contributed by atoms with Crippen molar-refractivity contribution in [3.63, 3.8) is 0 Å². The summed E-state index contributed by atoms with van der Waals surface area (Å²) in [5.74, 6) is 0.226. The molecule has 1 aliphatic heterocycles. The van der Waals surface area contributed by atoms with Crippen molar-refractivity contribution in [1.82, 2.24) is 0 Å². The molecule has 0 radical (unpaired) electrons. The molecule has 1 saturated heterocycles. The highest BCUT2D eigenvalue weighted by atomic mass is 16.7. The monoisotopic (exact) mass is 146 g/mol. The van der Waals surface area contributed by atoms with Crippen molar-refractivity contribution in [2.45, 2.75) is 19.6 Å². The van der Waals surface area contributed by atoms with Crippen molar-refractivity contribution in [2.75, 3.05) is 19.8 Å². The van der Waals surface area contributed by atoms with Gasteiger partial charge < -0.3 is 14.6 Å². The number of ether oxygens (including phenoxy) is 2. The summed E-state index contributed by atoms with van der Waals surface area (Å²) < 4.78 is 10.3. The molecular formula is C7H14O3. The Balaban J connectivity index is 1.93. The van der Waals surface area contributed by atoms with Crippen LogP contribution in [0, 0.1) is 5.92 Å². The summed E-state index contributed by atoms with van der Waals surface area (Å²) in [5.41, 5.74) is 0. The minimum atomic E-state index is 0.00833. The predicted octanol–water partition coefficient (Wildman–Crippen LogP) is 0.378. The first-order valence-corrected chi connectivity index (χ1v) is 3.67. The lowest BCUT2D eigenvalue weighted by atomic mass is 10.2. The van der Waals surface area contributed by atoms with Crippen LogP contribution in [0.5, 0.6) is 0 Å². The largest absolute Gasteiger partial charge is 0.396 e. The second kappa shape index (κ2) is 3.91. The molecule has 0 aromatic carbocycles. The van der Waals surface area contributed by atoms with Gasteiger partial charge in [-0.1, -0.05) is 6.92 Å². The predicted molar refractivity (Wildman–Crippen MR) is 36.6 cm³/mol. The Labute approximate surface area is 60.9 Å². The summed E-state index contributed by atoms with van der Waals surface area (Å²) in [6.45, 7) is 3.55. The fourth-order valence-corrected chi connectivity index (χ4v) is 0.670. The maximum absolute atomic E-state index is 8.62. The van der Waals surface area contributed by atoms with Crippen LogP contribution in [0.3, 0.4) is 0 Å². The fraction of sp³-hybridized carbons (Fsp3) is 1.00. The molecule has 60 valence electrons. The van der Waals surface area contributed by atoms with Crippen molar-refractivity contribution < 1.29 is 14.6 Å². The van der Waals surface area contributed by atoms with Crippen LogP contribution in [-0.4, -0.2) is 31.2 Å². The molecule has 1 heterocycles. The van der Waals surface area contributed by atoms with Gasteiger partial charge in [-0.15, -0.1) is 0 Å². The maximum atomic E-state index is 8.62. The smallest absolute Gasteiger partial charge is 0.159 e. The number of aliphatic hydroxyl groups is 1. The summed E-state index contributed by atoms with van der Waals surface area (Å²) in [4.78, 5) is 0. The lowest BCUT2D eigenvalue weighted by Gasteiger charge is -2.27. The molecule has 2 atom stereocenters. The van der Waals surface area contributed by atoms with Gasteiger partial charge in [0.1, 0.15) is 0 Å². The van der Waals surface area contributed by atoms with E-state index < -0.39 is 0 Å². The quantitative estimate of drug-likeness (QED) is 0.623. The third-order valence-corrected chi connectivity index (χ3v) is 1.54. The van der Waals surface area contributed by atoms with Crippen molar-refractivity contribution >= 4 is 0 Å². The summed E-state index contributed by atoms with van der Waals surface area (Å²) in [5, 5.41) is 8.62. The molecule has 0 spiro atoms. The number of hydrogen-bond donors (Lipinski definition) is 1. The van der Waals surface area contributed by atoms with E-state index in [-0.39, 0.29) is 18.8 Å². The first-order valence-electron chi connectivity index (χ1n) is 3.67. The van der Waals surface area contributed by atoms with E-state index >= 15 is 0 Å². The van der Waals surface area contributed by atoms with Gasteiger partial charge in [-0.3, -0.25) is 0 Å². The number of hydrogen-bond acceptors (Lipinski definition) is 3. The second-order valence-corrected chi connectivity index (χ2v) is 2.71. The van der Waals surface area contributed by atoms with Crippen LogP contribution in [-0.2, 0) is 9.47 Å². The van der Waals surface area contributed by atoms with Crippen molar-refractivity contribution in [1.29, 1.82) is 0 Å². The zero-order valence-electron chi connectivity index (χ0n) is 6.25. The average molecular weight is 146 g/mol. The molecule has 0 aromatic rings. The highest BCUT2D eigenvalue weighted by Crippen LogP contribution is 2.12. The topological polar surface area (TPSA) is 38.7 Å². The Morgan fingerprint density at radius 1 is 1.80 bits per heavy atom. The molecule has 0 amide bonds. The van der Waals surface area contributed by atoms with Crippen LogP contribution in [0.25, 0.3) is 0 Å². The van der Waals surface area contributed by atoms with Gasteiger partial charge in [0, 0.05) is 18.9 Å². The summed E-state index contributed by atoms with van der Waals surface area (Å²) >= 11 is 0. The minimum absolute atomic E-state index is 0.00833. The summed E-state index contributed by atoms with van der Waals surface area (Å²) in [6, 6.07) is 0. The standard InChI is InChI=1S/C7H14O3/c1-6(4-8)5-10-7-2-3-9-7/h6-8H,2-5H2,1H3.